The number of halogens is 2. The molecule has 0 radical (unpaired) electrons. The Bertz CT molecular complexity index is 1080. The molecule has 3 aromatic carbocycles. The molecule has 5 nitrogen and oxygen atoms in total. The van der Waals surface area contributed by atoms with Crippen molar-refractivity contribution in [1.82, 2.24) is 10.2 Å². The topological polar surface area (TPSA) is 58.6 Å². The summed E-state index contributed by atoms with van der Waals surface area (Å²) in [5.74, 6) is 0.0710. The first-order valence-corrected chi connectivity index (χ1v) is 12.0. The first-order chi connectivity index (χ1) is 16.5. The number of amides is 2. The van der Waals surface area contributed by atoms with Crippen molar-refractivity contribution in [1.29, 1.82) is 0 Å². The average Bonchev–Trinajstić information content (AvgIpc) is 2.86. The first-order valence-electron chi connectivity index (χ1n) is 11.2. The lowest BCUT2D eigenvalue weighted by Gasteiger charge is -2.31. The molecule has 0 aliphatic heterocycles. The summed E-state index contributed by atoms with van der Waals surface area (Å²) in [5, 5.41) is 3.77. The van der Waals surface area contributed by atoms with E-state index in [2.05, 4.69) is 5.32 Å². The van der Waals surface area contributed by atoms with E-state index in [9.17, 15) is 9.59 Å². The molecule has 3 rings (SSSR count). The quantitative estimate of drug-likeness (QED) is 0.377. The van der Waals surface area contributed by atoms with Gasteiger partial charge in [-0.1, -0.05) is 84.7 Å². The molecule has 1 atom stereocenters. The maximum Gasteiger partial charge on any atom is 0.261 e. The molecule has 0 unspecified atom stereocenters. The van der Waals surface area contributed by atoms with Crippen molar-refractivity contribution < 1.29 is 14.3 Å². The molecule has 2 amide bonds. The van der Waals surface area contributed by atoms with Gasteiger partial charge in [0.15, 0.2) is 6.61 Å². The molecule has 0 aliphatic carbocycles. The van der Waals surface area contributed by atoms with Crippen LogP contribution in [0.1, 0.15) is 24.5 Å². The van der Waals surface area contributed by atoms with Gasteiger partial charge in [0.2, 0.25) is 5.91 Å². The highest BCUT2D eigenvalue weighted by atomic mass is 35.5. The average molecular weight is 499 g/mol. The SMILES string of the molecule is CCCNC(=O)[C@@H](Cc1ccccc1)N(Cc1ccc(Cl)c(Cl)c1)C(=O)COc1ccccc1. The van der Waals surface area contributed by atoms with Crippen molar-refractivity contribution in [2.75, 3.05) is 13.2 Å². The van der Waals surface area contributed by atoms with Crippen molar-refractivity contribution in [2.45, 2.75) is 32.4 Å². The maximum absolute atomic E-state index is 13.4. The number of nitrogens with zero attached hydrogens (tertiary/aromatic N) is 1. The fourth-order valence-electron chi connectivity index (χ4n) is 3.50. The molecule has 3 aromatic rings. The number of nitrogens with one attached hydrogen (secondary N) is 1. The van der Waals surface area contributed by atoms with Gasteiger partial charge >= 0.3 is 0 Å². The predicted octanol–water partition coefficient (Wildman–Crippen LogP) is 5.54. The second-order valence-corrected chi connectivity index (χ2v) is 8.68. The lowest BCUT2D eigenvalue weighted by atomic mass is 10.0. The van der Waals surface area contributed by atoms with Crippen molar-refractivity contribution in [2.24, 2.45) is 0 Å². The molecular weight excluding hydrogens is 471 g/mol. The zero-order chi connectivity index (χ0) is 24.3. The third kappa shape index (κ3) is 7.51. The summed E-state index contributed by atoms with van der Waals surface area (Å²) in [6, 6.07) is 23.2. The number of hydrogen-bond acceptors (Lipinski definition) is 3. The highest BCUT2D eigenvalue weighted by molar-refractivity contribution is 6.42. The first kappa shape index (κ1) is 25.6. The Morgan fingerprint density at radius 2 is 1.59 bits per heavy atom. The molecule has 0 saturated carbocycles. The van der Waals surface area contributed by atoms with Crippen molar-refractivity contribution in [3.63, 3.8) is 0 Å². The minimum Gasteiger partial charge on any atom is -0.484 e. The number of benzene rings is 3. The number of rotatable bonds is 11. The molecule has 34 heavy (non-hydrogen) atoms. The smallest absolute Gasteiger partial charge is 0.261 e. The molecule has 0 saturated heterocycles. The van der Waals surface area contributed by atoms with E-state index in [-0.39, 0.29) is 25.0 Å². The largest absolute Gasteiger partial charge is 0.484 e. The summed E-state index contributed by atoms with van der Waals surface area (Å²) in [5.41, 5.74) is 1.72. The summed E-state index contributed by atoms with van der Waals surface area (Å²) in [6.45, 7) is 2.50. The Morgan fingerprint density at radius 3 is 2.24 bits per heavy atom. The van der Waals surface area contributed by atoms with Crippen LogP contribution in [0, 0.1) is 0 Å². The van der Waals surface area contributed by atoms with Crippen molar-refractivity contribution in [3.8, 4) is 5.75 Å². The van der Waals surface area contributed by atoms with Gasteiger partial charge in [0.05, 0.1) is 10.0 Å². The van der Waals surface area contributed by atoms with E-state index in [1.54, 1.807) is 35.2 Å². The van der Waals surface area contributed by atoms with E-state index in [4.69, 9.17) is 27.9 Å². The van der Waals surface area contributed by atoms with Gasteiger partial charge in [-0.15, -0.1) is 0 Å². The molecule has 7 heteroatoms. The summed E-state index contributed by atoms with van der Waals surface area (Å²) in [4.78, 5) is 28.2. The van der Waals surface area contributed by atoms with E-state index in [1.165, 1.54) is 0 Å². The number of para-hydroxylation sites is 1. The molecule has 0 bridgehead atoms. The minimum absolute atomic E-state index is 0.185. The second kappa shape index (κ2) is 13.0. The van der Waals surface area contributed by atoms with Crippen LogP contribution < -0.4 is 10.1 Å². The number of carbonyl (C=O) groups excluding carboxylic acids is 2. The van der Waals surface area contributed by atoms with E-state index in [1.807, 2.05) is 55.5 Å². The van der Waals surface area contributed by atoms with E-state index >= 15 is 0 Å². The van der Waals surface area contributed by atoms with Gasteiger partial charge < -0.3 is 15.0 Å². The van der Waals surface area contributed by atoms with E-state index in [0.29, 0.717) is 28.8 Å². The van der Waals surface area contributed by atoms with E-state index in [0.717, 1.165) is 17.5 Å². The lowest BCUT2D eigenvalue weighted by Crippen LogP contribution is -2.51. The zero-order valence-electron chi connectivity index (χ0n) is 19.0. The van der Waals surface area contributed by atoms with Crippen LogP contribution in [0.15, 0.2) is 78.9 Å². The van der Waals surface area contributed by atoms with Crippen LogP contribution in [0.5, 0.6) is 5.75 Å². The van der Waals surface area contributed by atoms with Gasteiger partial charge in [-0.05, 0) is 41.8 Å². The molecular formula is C27H28Cl2N2O3. The third-order valence-corrected chi connectivity index (χ3v) is 6.00. The van der Waals surface area contributed by atoms with Crippen LogP contribution in [0.2, 0.25) is 10.0 Å². The lowest BCUT2D eigenvalue weighted by molar-refractivity contribution is -0.142. The van der Waals surface area contributed by atoms with Crippen molar-refractivity contribution in [3.05, 3.63) is 100 Å². The Balaban J connectivity index is 1.90. The Morgan fingerprint density at radius 1 is 0.912 bits per heavy atom. The molecule has 178 valence electrons. The highest BCUT2D eigenvalue weighted by Gasteiger charge is 2.30. The summed E-state index contributed by atoms with van der Waals surface area (Å²) in [6.07, 6.45) is 1.16. The molecule has 0 spiro atoms. The fourth-order valence-corrected chi connectivity index (χ4v) is 3.82. The van der Waals surface area contributed by atoms with Gasteiger partial charge in [0.25, 0.3) is 5.91 Å². The normalized spacial score (nSPS) is 11.5. The number of carbonyl (C=O) groups is 2. The Kier molecular flexibility index (Phi) is 9.80. The van der Waals surface area contributed by atoms with Crippen LogP contribution in [-0.2, 0) is 22.6 Å². The van der Waals surface area contributed by atoms with Crippen LogP contribution >= 0.6 is 23.2 Å². The monoisotopic (exact) mass is 498 g/mol. The maximum atomic E-state index is 13.4. The van der Waals surface area contributed by atoms with Crippen LogP contribution in [0.3, 0.4) is 0 Å². The van der Waals surface area contributed by atoms with Gasteiger partial charge in [-0.2, -0.15) is 0 Å². The molecule has 0 aliphatic rings. The van der Waals surface area contributed by atoms with Gasteiger partial charge in [-0.3, -0.25) is 9.59 Å². The van der Waals surface area contributed by atoms with Crippen LogP contribution in [0.4, 0.5) is 0 Å². The second-order valence-electron chi connectivity index (χ2n) is 7.87. The van der Waals surface area contributed by atoms with Gasteiger partial charge in [0.1, 0.15) is 11.8 Å². The minimum atomic E-state index is -0.727. The summed E-state index contributed by atoms with van der Waals surface area (Å²) < 4.78 is 5.72. The standard InChI is InChI=1S/C27H28Cl2N2O3/c1-2-15-30-27(33)25(17-20-9-5-3-6-10-20)31(18-21-13-14-23(28)24(29)16-21)26(32)19-34-22-11-7-4-8-12-22/h3-14,16,25H,2,15,17-19H2,1H3,(H,30,33)/t25-/m1/s1. The highest BCUT2D eigenvalue weighted by Crippen LogP contribution is 2.24. The predicted molar refractivity (Wildman–Crippen MR) is 136 cm³/mol. The summed E-state index contributed by atoms with van der Waals surface area (Å²) >= 11 is 12.3. The Labute approximate surface area is 210 Å². The molecule has 1 N–H and O–H groups in total. The van der Waals surface area contributed by atoms with Crippen LogP contribution in [0.25, 0.3) is 0 Å². The van der Waals surface area contributed by atoms with E-state index < -0.39 is 6.04 Å². The number of hydrogen-bond donors (Lipinski definition) is 1. The van der Waals surface area contributed by atoms with Crippen molar-refractivity contribution >= 4 is 35.0 Å². The molecule has 0 aromatic heterocycles. The van der Waals surface area contributed by atoms with Gasteiger partial charge in [-0.25, -0.2) is 0 Å². The molecule has 0 fully saturated rings. The summed E-state index contributed by atoms with van der Waals surface area (Å²) in [7, 11) is 0. The van der Waals surface area contributed by atoms with Crippen LogP contribution in [-0.4, -0.2) is 35.9 Å². The third-order valence-electron chi connectivity index (χ3n) is 5.26. The Hall–Kier alpha value is -3.02. The van der Waals surface area contributed by atoms with Gasteiger partial charge in [0, 0.05) is 19.5 Å². The zero-order valence-corrected chi connectivity index (χ0v) is 20.6. The molecule has 0 heterocycles. The fraction of sp³-hybridized carbons (Fsp3) is 0.259. The number of ether oxygens (including phenoxy) is 1.